The van der Waals surface area contributed by atoms with E-state index >= 15 is 0 Å². The third kappa shape index (κ3) is 7.16. The van der Waals surface area contributed by atoms with E-state index in [-0.39, 0.29) is 24.9 Å². The summed E-state index contributed by atoms with van der Waals surface area (Å²) in [7, 11) is 0. The van der Waals surface area contributed by atoms with Crippen molar-refractivity contribution >= 4 is 52.3 Å². The summed E-state index contributed by atoms with van der Waals surface area (Å²) in [5.74, 6) is 0.228. The third-order valence-corrected chi connectivity index (χ3v) is 6.26. The number of hydrogen-bond acceptors (Lipinski definition) is 6. The maximum Gasteiger partial charge on any atom is 0.307 e. The van der Waals surface area contributed by atoms with Crippen LogP contribution in [-0.4, -0.2) is 22.6 Å². The zero-order valence-corrected chi connectivity index (χ0v) is 18.8. The Labute approximate surface area is 188 Å². The van der Waals surface area contributed by atoms with Crippen molar-refractivity contribution in [3.05, 3.63) is 75.2 Å². The van der Waals surface area contributed by atoms with Crippen LogP contribution in [0.4, 0.5) is 5.69 Å². The minimum Gasteiger partial charge on any atom is -0.459 e. The van der Waals surface area contributed by atoms with Crippen LogP contribution in [0.3, 0.4) is 0 Å². The quantitative estimate of drug-likeness (QED) is 0.336. The first-order valence-electron chi connectivity index (χ1n) is 9.32. The molecule has 1 N–H and O–H groups in total. The van der Waals surface area contributed by atoms with Crippen molar-refractivity contribution < 1.29 is 14.3 Å². The predicted molar refractivity (Wildman–Crippen MR) is 122 cm³/mol. The van der Waals surface area contributed by atoms with E-state index in [4.69, 9.17) is 16.3 Å². The average Bonchev–Trinajstić information content (AvgIpc) is 3.17. The zero-order chi connectivity index (χ0) is 21.3. The van der Waals surface area contributed by atoms with Gasteiger partial charge in [-0.25, -0.2) is 4.98 Å². The number of carbonyl (C=O) groups is 2. The number of aromatic nitrogens is 1. The lowest BCUT2D eigenvalue weighted by molar-refractivity contribution is -0.144. The molecule has 0 spiro atoms. The molecule has 0 radical (unpaired) electrons. The summed E-state index contributed by atoms with van der Waals surface area (Å²) in [4.78, 5) is 29.6. The number of para-hydroxylation sites is 1. The molecule has 0 aliphatic rings. The first kappa shape index (κ1) is 22.3. The van der Waals surface area contributed by atoms with E-state index < -0.39 is 0 Å². The molecule has 0 aliphatic heterocycles. The highest BCUT2D eigenvalue weighted by Crippen LogP contribution is 2.21. The lowest BCUT2D eigenvalue weighted by atomic mass is 10.2. The number of benzene rings is 2. The molecule has 8 heteroatoms. The Morgan fingerprint density at radius 2 is 1.93 bits per heavy atom. The van der Waals surface area contributed by atoms with Crippen molar-refractivity contribution in [1.29, 1.82) is 0 Å². The SMILES string of the molecule is Cc1ccccc1NC(=O)Cc1nc(COC(=O)CCSc2ccc(Cl)cc2)cs1. The van der Waals surface area contributed by atoms with Crippen LogP contribution >= 0.6 is 34.7 Å². The topological polar surface area (TPSA) is 68.3 Å². The number of aryl methyl sites for hydroxylation is 1. The molecule has 0 aliphatic carbocycles. The Kier molecular flexibility index (Phi) is 8.30. The molecule has 2 aromatic carbocycles. The normalized spacial score (nSPS) is 10.6. The van der Waals surface area contributed by atoms with E-state index in [9.17, 15) is 9.59 Å². The molecule has 1 heterocycles. The number of rotatable bonds is 9. The van der Waals surface area contributed by atoms with Crippen molar-refractivity contribution in [3.8, 4) is 0 Å². The van der Waals surface area contributed by atoms with Crippen molar-refractivity contribution in [2.75, 3.05) is 11.1 Å². The van der Waals surface area contributed by atoms with Crippen LogP contribution in [0.2, 0.25) is 5.02 Å². The second-order valence-corrected chi connectivity index (χ2v) is 9.03. The van der Waals surface area contributed by atoms with Gasteiger partial charge in [0.15, 0.2) is 0 Å². The molecule has 0 unspecified atom stereocenters. The summed E-state index contributed by atoms with van der Waals surface area (Å²) in [6, 6.07) is 15.1. The molecule has 0 fully saturated rings. The van der Waals surface area contributed by atoms with E-state index in [1.807, 2.05) is 60.8 Å². The number of anilines is 1. The van der Waals surface area contributed by atoms with Gasteiger partial charge < -0.3 is 10.1 Å². The molecule has 1 aromatic heterocycles. The zero-order valence-electron chi connectivity index (χ0n) is 16.4. The summed E-state index contributed by atoms with van der Waals surface area (Å²) in [6.07, 6.45) is 0.494. The van der Waals surface area contributed by atoms with Gasteiger partial charge in [-0.3, -0.25) is 9.59 Å². The number of carbonyl (C=O) groups excluding carboxylic acids is 2. The first-order valence-corrected chi connectivity index (χ1v) is 11.6. The lowest BCUT2D eigenvalue weighted by Gasteiger charge is -2.06. The third-order valence-electron chi connectivity index (χ3n) is 4.10. The van der Waals surface area contributed by atoms with E-state index in [0.29, 0.717) is 27.9 Å². The van der Waals surface area contributed by atoms with Crippen LogP contribution in [0.5, 0.6) is 0 Å². The van der Waals surface area contributed by atoms with Gasteiger partial charge in [0.25, 0.3) is 0 Å². The molecule has 1 amide bonds. The van der Waals surface area contributed by atoms with Crippen LogP contribution in [-0.2, 0) is 27.4 Å². The van der Waals surface area contributed by atoms with Gasteiger partial charge in [0, 0.05) is 26.7 Å². The number of ether oxygens (including phenoxy) is 1. The second-order valence-electron chi connectivity index (χ2n) is 6.49. The summed E-state index contributed by atoms with van der Waals surface area (Å²) in [5.41, 5.74) is 2.45. The van der Waals surface area contributed by atoms with Crippen LogP contribution in [0.15, 0.2) is 58.8 Å². The van der Waals surface area contributed by atoms with Crippen molar-refractivity contribution in [2.45, 2.75) is 31.3 Å². The highest BCUT2D eigenvalue weighted by atomic mass is 35.5. The molecule has 3 aromatic rings. The average molecular weight is 461 g/mol. The predicted octanol–water partition coefficient (Wildman–Crippen LogP) is 5.51. The second kappa shape index (κ2) is 11.2. The van der Waals surface area contributed by atoms with Crippen LogP contribution in [0.1, 0.15) is 22.7 Å². The summed E-state index contributed by atoms with van der Waals surface area (Å²) in [5, 5.41) is 6.08. The van der Waals surface area contributed by atoms with Crippen molar-refractivity contribution in [3.63, 3.8) is 0 Å². The van der Waals surface area contributed by atoms with Crippen LogP contribution in [0.25, 0.3) is 0 Å². The molecule has 3 rings (SSSR count). The van der Waals surface area contributed by atoms with Gasteiger partial charge in [0.1, 0.15) is 11.6 Å². The maximum absolute atomic E-state index is 12.2. The number of thiazole rings is 1. The minimum atomic E-state index is -0.275. The molecule has 0 saturated carbocycles. The summed E-state index contributed by atoms with van der Waals surface area (Å²) >= 11 is 8.81. The van der Waals surface area contributed by atoms with E-state index in [2.05, 4.69) is 10.3 Å². The lowest BCUT2D eigenvalue weighted by Crippen LogP contribution is -2.15. The highest BCUT2D eigenvalue weighted by Gasteiger charge is 2.11. The smallest absolute Gasteiger partial charge is 0.307 e. The van der Waals surface area contributed by atoms with E-state index in [1.165, 1.54) is 11.3 Å². The Balaban J connectivity index is 1.38. The number of esters is 1. The minimum absolute atomic E-state index is 0.111. The van der Waals surface area contributed by atoms with Gasteiger partial charge in [0.2, 0.25) is 5.91 Å². The Hall–Kier alpha value is -2.35. The highest BCUT2D eigenvalue weighted by molar-refractivity contribution is 7.99. The van der Waals surface area contributed by atoms with Gasteiger partial charge in [-0.1, -0.05) is 29.8 Å². The molecule has 0 bridgehead atoms. The number of thioether (sulfide) groups is 1. The van der Waals surface area contributed by atoms with E-state index in [0.717, 1.165) is 16.1 Å². The molecule has 0 saturated heterocycles. The molecule has 5 nitrogen and oxygen atoms in total. The van der Waals surface area contributed by atoms with E-state index in [1.54, 1.807) is 11.8 Å². The fourth-order valence-electron chi connectivity index (χ4n) is 2.55. The number of halogens is 1. The van der Waals surface area contributed by atoms with Gasteiger partial charge >= 0.3 is 5.97 Å². The molecular formula is C22H21ClN2O3S2. The fraction of sp³-hybridized carbons (Fsp3) is 0.227. The summed E-state index contributed by atoms with van der Waals surface area (Å²) in [6.45, 7) is 2.06. The Bertz CT molecular complexity index is 1010. The fourth-order valence-corrected chi connectivity index (χ4v) is 4.29. The van der Waals surface area contributed by atoms with Gasteiger partial charge in [0.05, 0.1) is 18.5 Å². The molecular weight excluding hydrogens is 440 g/mol. The molecule has 30 heavy (non-hydrogen) atoms. The van der Waals surface area contributed by atoms with Crippen molar-refractivity contribution in [2.24, 2.45) is 0 Å². The monoisotopic (exact) mass is 460 g/mol. The van der Waals surface area contributed by atoms with Gasteiger partial charge in [-0.15, -0.1) is 23.1 Å². The Morgan fingerprint density at radius 3 is 2.70 bits per heavy atom. The number of hydrogen-bond donors (Lipinski definition) is 1. The Morgan fingerprint density at radius 1 is 1.17 bits per heavy atom. The van der Waals surface area contributed by atoms with Gasteiger partial charge in [-0.05, 0) is 42.8 Å². The largest absolute Gasteiger partial charge is 0.459 e. The summed E-state index contributed by atoms with van der Waals surface area (Å²) < 4.78 is 5.29. The number of nitrogens with zero attached hydrogens (tertiary/aromatic N) is 1. The number of amides is 1. The molecule has 0 atom stereocenters. The molecule has 156 valence electrons. The van der Waals surface area contributed by atoms with Gasteiger partial charge in [-0.2, -0.15) is 0 Å². The maximum atomic E-state index is 12.2. The standard InChI is InChI=1S/C22H21ClN2O3S2/c1-15-4-2-3-5-19(15)25-20(26)12-21-24-17(14-30-21)13-28-22(27)10-11-29-18-8-6-16(23)7-9-18/h2-9,14H,10-13H2,1H3,(H,25,26). The number of nitrogens with one attached hydrogen (secondary N) is 1. The van der Waals surface area contributed by atoms with Crippen molar-refractivity contribution in [1.82, 2.24) is 4.98 Å². The van der Waals surface area contributed by atoms with Crippen LogP contribution in [0, 0.1) is 6.92 Å². The van der Waals surface area contributed by atoms with Crippen LogP contribution < -0.4 is 5.32 Å². The first-order chi connectivity index (χ1) is 14.5.